The van der Waals surface area contributed by atoms with E-state index in [2.05, 4.69) is 20.1 Å². The van der Waals surface area contributed by atoms with Gasteiger partial charge in [-0.05, 0) is 76.1 Å². The third kappa shape index (κ3) is 5.51. The molecule has 7 nitrogen and oxygen atoms in total. The van der Waals surface area contributed by atoms with Crippen LogP contribution in [0.15, 0.2) is 24.4 Å². The van der Waals surface area contributed by atoms with Gasteiger partial charge in [0.2, 0.25) is 5.95 Å². The van der Waals surface area contributed by atoms with E-state index in [4.69, 9.17) is 39.8 Å². The molecule has 2 N–H and O–H groups in total. The minimum absolute atomic E-state index is 0.119. The van der Waals surface area contributed by atoms with Gasteiger partial charge in [0.25, 0.3) is 0 Å². The van der Waals surface area contributed by atoms with E-state index < -0.39 is 11.4 Å². The Morgan fingerprint density at radius 2 is 1.95 bits per heavy atom. The lowest BCUT2D eigenvalue weighted by atomic mass is 9.65. The number of benzene rings is 1. The number of rotatable bonds is 7. The van der Waals surface area contributed by atoms with Crippen molar-refractivity contribution in [2.45, 2.75) is 70.5 Å². The van der Waals surface area contributed by atoms with Crippen LogP contribution in [0.2, 0.25) is 15.1 Å². The van der Waals surface area contributed by atoms with Crippen molar-refractivity contribution in [1.82, 2.24) is 14.9 Å². The van der Waals surface area contributed by atoms with Crippen LogP contribution >= 0.6 is 34.8 Å². The molecule has 1 aromatic carbocycles. The molecular weight excluding hydrogens is 533 g/mol. The maximum atomic E-state index is 11.6. The van der Waals surface area contributed by atoms with Crippen LogP contribution in [-0.2, 0) is 4.79 Å². The number of hydrogen-bond acceptors (Lipinski definition) is 6. The number of carboxylic acid groups (broad SMARTS) is 1. The first-order valence-electron chi connectivity index (χ1n) is 13.1. The first-order valence-corrected chi connectivity index (χ1v) is 14.3. The van der Waals surface area contributed by atoms with Gasteiger partial charge in [-0.1, -0.05) is 47.3 Å². The second-order valence-corrected chi connectivity index (χ2v) is 12.4. The Morgan fingerprint density at radius 1 is 1.16 bits per heavy atom. The van der Waals surface area contributed by atoms with Crippen molar-refractivity contribution in [2.24, 2.45) is 11.3 Å². The summed E-state index contributed by atoms with van der Waals surface area (Å²) in [6.07, 6.45) is 7.84. The highest BCUT2D eigenvalue weighted by Gasteiger charge is 2.51. The van der Waals surface area contributed by atoms with E-state index in [1.165, 1.54) is 19.3 Å². The summed E-state index contributed by atoms with van der Waals surface area (Å²) in [5.74, 6) is 1.10. The Kier molecular flexibility index (Phi) is 7.79. The lowest BCUT2D eigenvalue weighted by molar-refractivity contribution is -0.159. The molecule has 3 heterocycles. The summed E-state index contributed by atoms with van der Waals surface area (Å²) in [5.41, 5.74) is 0.346. The van der Waals surface area contributed by atoms with E-state index in [9.17, 15) is 9.90 Å². The summed E-state index contributed by atoms with van der Waals surface area (Å²) in [6.45, 7) is 6.74. The predicted molar refractivity (Wildman–Crippen MR) is 149 cm³/mol. The molecule has 3 unspecified atom stereocenters. The number of anilines is 2. The molecule has 3 atom stereocenters. The first-order chi connectivity index (χ1) is 17.6. The Morgan fingerprint density at radius 3 is 2.68 bits per heavy atom. The molecule has 37 heavy (non-hydrogen) atoms. The van der Waals surface area contributed by atoms with Gasteiger partial charge >= 0.3 is 5.97 Å². The average Bonchev–Trinajstić information content (AvgIpc) is 3.33. The van der Waals surface area contributed by atoms with Crippen molar-refractivity contribution in [3.05, 3.63) is 45.0 Å². The van der Waals surface area contributed by atoms with Crippen molar-refractivity contribution >= 4 is 52.5 Å². The minimum Gasteiger partial charge on any atom is -0.481 e. The van der Waals surface area contributed by atoms with Crippen LogP contribution < -0.4 is 10.2 Å². The van der Waals surface area contributed by atoms with Crippen molar-refractivity contribution in [1.29, 1.82) is 0 Å². The molecule has 2 aliphatic heterocycles. The van der Waals surface area contributed by atoms with Crippen molar-refractivity contribution in [2.75, 3.05) is 29.9 Å². The van der Waals surface area contributed by atoms with Crippen LogP contribution in [0.25, 0.3) is 0 Å². The summed E-state index contributed by atoms with van der Waals surface area (Å²) in [6, 6.07) is 6.20. The summed E-state index contributed by atoms with van der Waals surface area (Å²) in [4.78, 5) is 25.8. The van der Waals surface area contributed by atoms with Crippen LogP contribution in [0.4, 0.5) is 11.8 Å². The van der Waals surface area contributed by atoms with Crippen LogP contribution in [0, 0.1) is 11.3 Å². The SMILES string of the molecule is CC(Nc1nc(N2CCC(C3CCCCN3C3CC(C)(C(=O)O)C3)C2)ncc1Cl)c1ccc(Cl)cc1Cl. The predicted octanol–water partition coefficient (Wildman–Crippen LogP) is 6.54. The Labute approximate surface area is 233 Å². The van der Waals surface area contributed by atoms with Gasteiger partial charge in [-0.15, -0.1) is 0 Å². The summed E-state index contributed by atoms with van der Waals surface area (Å²) < 4.78 is 0. The first kappa shape index (κ1) is 26.8. The van der Waals surface area contributed by atoms with Gasteiger partial charge in [-0.3, -0.25) is 9.69 Å². The van der Waals surface area contributed by atoms with Crippen LogP contribution in [0.1, 0.15) is 64.0 Å². The monoisotopic (exact) mass is 565 g/mol. The number of aromatic nitrogens is 2. The van der Waals surface area contributed by atoms with Gasteiger partial charge in [-0.2, -0.15) is 4.98 Å². The zero-order valence-corrected chi connectivity index (χ0v) is 23.5. The quantitative estimate of drug-likeness (QED) is 0.394. The number of hydrogen-bond donors (Lipinski definition) is 2. The number of carbonyl (C=O) groups is 1. The van der Waals surface area contributed by atoms with Gasteiger partial charge in [0.1, 0.15) is 5.02 Å². The molecule has 10 heteroatoms. The Bertz CT molecular complexity index is 1160. The van der Waals surface area contributed by atoms with E-state index in [-0.39, 0.29) is 6.04 Å². The van der Waals surface area contributed by atoms with Crippen molar-refractivity contribution < 1.29 is 9.90 Å². The molecule has 3 aliphatic rings. The third-order valence-corrected chi connectivity index (χ3v) is 9.35. The highest BCUT2D eigenvalue weighted by atomic mass is 35.5. The lowest BCUT2D eigenvalue weighted by Crippen LogP contribution is -2.58. The van der Waals surface area contributed by atoms with Crippen LogP contribution in [-0.4, -0.2) is 57.7 Å². The number of halogens is 3. The highest BCUT2D eigenvalue weighted by molar-refractivity contribution is 6.35. The molecule has 1 aliphatic carbocycles. The zero-order valence-electron chi connectivity index (χ0n) is 21.3. The summed E-state index contributed by atoms with van der Waals surface area (Å²) >= 11 is 18.9. The third-order valence-electron chi connectivity index (χ3n) is 8.52. The van der Waals surface area contributed by atoms with E-state index in [0.717, 1.165) is 44.5 Å². The minimum atomic E-state index is -0.665. The Hall–Kier alpha value is -1.80. The smallest absolute Gasteiger partial charge is 0.309 e. The lowest BCUT2D eigenvalue weighted by Gasteiger charge is -2.52. The molecular formula is C27H34Cl3N5O2. The summed E-state index contributed by atoms with van der Waals surface area (Å²) in [5, 5.41) is 14.6. The maximum Gasteiger partial charge on any atom is 0.309 e. The molecule has 3 fully saturated rings. The number of aliphatic carboxylic acids is 1. The fourth-order valence-corrected chi connectivity index (χ4v) is 7.08. The standard InChI is InChI=1S/C27H34Cl3N5O2/c1-16(20-7-6-18(28)11-21(20)29)32-24-22(30)14-31-26(33-24)34-10-8-17(15-34)23-5-3-4-9-35(23)19-12-27(2,13-19)25(36)37/h6-7,11,14,16-17,19,23H,3-5,8-10,12-13,15H2,1-2H3,(H,36,37)(H,31,32,33). The largest absolute Gasteiger partial charge is 0.481 e. The molecule has 0 radical (unpaired) electrons. The normalized spacial score (nSPS) is 29.1. The fourth-order valence-electron chi connectivity index (χ4n) is 6.36. The van der Waals surface area contributed by atoms with Gasteiger partial charge < -0.3 is 15.3 Å². The molecule has 0 bridgehead atoms. The molecule has 0 spiro atoms. The molecule has 5 rings (SSSR count). The van der Waals surface area contributed by atoms with E-state index in [0.29, 0.717) is 44.8 Å². The molecule has 1 saturated carbocycles. The summed E-state index contributed by atoms with van der Waals surface area (Å²) in [7, 11) is 0. The zero-order chi connectivity index (χ0) is 26.3. The second kappa shape index (κ2) is 10.8. The van der Waals surface area contributed by atoms with Gasteiger partial charge in [0.15, 0.2) is 5.82 Å². The topological polar surface area (TPSA) is 81.6 Å². The molecule has 200 valence electrons. The van der Waals surface area contributed by atoms with Gasteiger partial charge in [-0.25, -0.2) is 4.98 Å². The van der Waals surface area contributed by atoms with E-state index >= 15 is 0 Å². The number of likely N-dealkylation sites (tertiary alicyclic amines) is 1. The van der Waals surface area contributed by atoms with Crippen LogP contribution in [0.5, 0.6) is 0 Å². The number of nitrogens with one attached hydrogen (secondary N) is 1. The number of carboxylic acids is 1. The Balaban J connectivity index is 1.26. The van der Waals surface area contributed by atoms with E-state index in [1.54, 1.807) is 12.3 Å². The average molecular weight is 567 g/mol. The molecule has 2 saturated heterocycles. The molecule has 0 amide bonds. The van der Waals surface area contributed by atoms with E-state index in [1.807, 2.05) is 26.0 Å². The van der Waals surface area contributed by atoms with Crippen molar-refractivity contribution in [3.8, 4) is 0 Å². The molecule has 1 aromatic heterocycles. The van der Waals surface area contributed by atoms with Crippen LogP contribution in [0.3, 0.4) is 0 Å². The second-order valence-electron chi connectivity index (χ2n) is 11.1. The van der Waals surface area contributed by atoms with Crippen molar-refractivity contribution in [3.63, 3.8) is 0 Å². The highest BCUT2D eigenvalue weighted by Crippen LogP contribution is 2.46. The molecule has 2 aromatic rings. The maximum absolute atomic E-state index is 11.6. The van der Waals surface area contributed by atoms with Gasteiger partial charge in [0.05, 0.1) is 17.7 Å². The number of nitrogens with zero attached hydrogens (tertiary/aromatic N) is 4. The van der Waals surface area contributed by atoms with Gasteiger partial charge in [0, 0.05) is 35.2 Å². The number of piperidine rings is 1. The fraction of sp³-hybridized carbons (Fsp3) is 0.593.